The van der Waals surface area contributed by atoms with Crippen molar-refractivity contribution < 1.29 is 9.53 Å². The molecule has 0 atom stereocenters. The largest absolute Gasteiger partial charge is 0.437 e. The van der Waals surface area contributed by atoms with Gasteiger partial charge >= 0.3 is 0 Å². The summed E-state index contributed by atoms with van der Waals surface area (Å²) in [6.07, 6.45) is 6.97. The van der Waals surface area contributed by atoms with E-state index in [0.717, 1.165) is 26.2 Å². The number of ether oxygens (including phenoxy) is 1. The second kappa shape index (κ2) is 10.8. The third-order valence-corrected chi connectivity index (χ3v) is 6.03. The number of hydrogen-bond donors (Lipinski definition) is 0. The first kappa shape index (κ1) is 23.3. The molecule has 0 bridgehead atoms. The lowest BCUT2D eigenvalue weighted by molar-refractivity contribution is -0.127. The topological polar surface area (TPSA) is 77.9 Å². The van der Waals surface area contributed by atoms with Gasteiger partial charge in [0.25, 0.3) is 0 Å². The van der Waals surface area contributed by atoms with Gasteiger partial charge in [0.1, 0.15) is 5.75 Å². The van der Waals surface area contributed by atoms with Crippen LogP contribution in [0.5, 0.6) is 11.6 Å². The molecule has 1 aliphatic heterocycles. The van der Waals surface area contributed by atoms with Crippen molar-refractivity contribution in [3.05, 3.63) is 61.2 Å². The molecule has 0 saturated carbocycles. The lowest BCUT2D eigenvalue weighted by Crippen LogP contribution is -2.46. The van der Waals surface area contributed by atoms with Gasteiger partial charge in [-0.1, -0.05) is 0 Å². The number of piperazine rings is 1. The lowest BCUT2D eigenvalue weighted by Gasteiger charge is -2.37. The van der Waals surface area contributed by atoms with Crippen LogP contribution in [0.1, 0.15) is 6.92 Å². The molecule has 0 aliphatic carbocycles. The summed E-state index contributed by atoms with van der Waals surface area (Å²) < 4.78 is 5.95. The smallest absolute Gasteiger partial charge is 0.239 e. The van der Waals surface area contributed by atoms with Crippen LogP contribution in [0.4, 0.5) is 17.2 Å². The van der Waals surface area contributed by atoms with Gasteiger partial charge < -0.3 is 24.3 Å². The van der Waals surface area contributed by atoms with Crippen LogP contribution in [-0.2, 0) is 4.79 Å². The molecule has 0 radical (unpaired) electrons. The molecule has 1 saturated heterocycles. The summed E-state index contributed by atoms with van der Waals surface area (Å²) in [5.74, 6) is 1.88. The van der Waals surface area contributed by atoms with Gasteiger partial charge in [-0.05, 0) is 36.4 Å². The maximum Gasteiger partial charge on any atom is 0.239 e. The van der Waals surface area contributed by atoms with Crippen molar-refractivity contribution in [3.8, 4) is 11.6 Å². The Morgan fingerprint density at radius 2 is 1.50 bits per heavy atom. The Balaban J connectivity index is 1.32. The van der Waals surface area contributed by atoms with Crippen LogP contribution in [0.25, 0.3) is 0 Å². The normalized spacial score (nSPS) is 13.5. The Kier molecular flexibility index (Phi) is 7.41. The predicted molar refractivity (Wildman–Crippen MR) is 134 cm³/mol. The quantitative estimate of drug-likeness (QED) is 0.507. The Morgan fingerprint density at radius 3 is 2.12 bits per heavy atom. The molecule has 34 heavy (non-hydrogen) atoms. The van der Waals surface area contributed by atoms with Crippen molar-refractivity contribution in [3.63, 3.8) is 0 Å². The number of pyridine rings is 1. The molecule has 1 aliphatic rings. The van der Waals surface area contributed by atoms with Crippen LogP contribution >= 0.6 is 0 Å². The molecule has 9 nitrogen and oxygen atoms in total. The Bertz CT molecular complexity index is 1070. The zero-order valence-electron chi connectivity index (χ0n) is 20.0. The van der Waals surface area contributed by atoms with Gasteiger partial charge in [-0.25, -0.2) is 0 Å². The van der Waals surface area contributed by atoms with Crippen molar-refractivity contribution in [2.45, 2.75) is 6.92 Å². The predicted octanol–water partition coefficient (Wildman–Crippen LogP) is 2.91. The van der Waals surface area contributed by atoms with E-state index in [1.165, 1.54) is 11.4 Å². The van der Waals surface area contributed by atoms with Crippen molar-refractivity contribution in [1.82, 2.24) is 19.9 Å². The van der Waals surface area contributed by atoms with E-state index >= 15 is 0 Å². The number of benzene rings is 1. The summed E-state index contributed by atoms with van der Waals surface area (Å²) in [6.45, 7) is 6.68. The fourth-order valence-corrected chi connectivity index (χ4v) is 3.77. The molecule has 1 aromatic carbocycles. The van der Waals surface area contributed by atoms with Crippen molar-refractivity contribution in [2.24, 2.45) is 0 Å². The minimum absolute atomic E-state index is 0.0376. The summed E-state index contributed by atoms with van der Waals surface area (Å²) in [5, 5.41) is 0. The average Bonchev–Trinajstić information content (AvgIpc) is 2.88. The second-order valence-electron chi connectivity index (χ2n) is 8.35. The molecule has 3 aromatic rings. The van der Waals surface area contributed by atoms with E-state index in [0.29, 0.717) is 30.5 Å². The minimum atomic E-state index is 0.0376. The van der Waals surface area contributed by atoms with E-state index < -0.39 is 0 Å². The maximum absolute atomic E-state index is 11.4. The van der Waals surface area contributed by atoms with Crippen LogP contribution in [0.3, 0.4) is 0 Å². The summed E-state index contributed by atoms with van der Waals surface area (Å²) >= 11 is 0. The van der Waals surface area contributed by atoms with Gasteiger partial charge in [-0.3, -0.25) is 14.8 Å². The van der Waals surface area contributed by atoms with Crippen molar-refractivity contribution >= 4 is 23.1 Å². The minimum Gasteiger partial charge on any atom is -0.437 e. The van der Waals surface area contributed by atoms with E-state index in [-0.39, 0.29) is 5.91 Å². The molecule has 0 spiro atoms. The number of carbonyl (C=O) groups excluding carboxylic acids is 1. The first-order chi connectivity index (χ1) is 16.5. The van der Waals surface area contributed by atoms with Crippen LogP contribution in [0.15, 0.2) is 61.2 Å². The number of rotatable bonds is 8. The van der Waals surface area contributed by atoms with E-state index in [4.69, 9.17) is 4.74 Å². The first-order valence-electron chi connectivity index (χ1n) is 11.4. The molecule has 9 heteroatoms. The van der Waals surface area contributed by atoms with Crippen molar-refractivity contribution in [2.75, 3.05) is 68.1 Å². The van der Waals surface area contributed by atoms with Gasteiger partial charge in [0.05, 0.1) is 12.4 Å². The molecular weight excluding hydrogens is 430 g/mol. The van der Waals surface area contributed by atoms with Gasteiger partial charge in [0.15, 0.2) is 5.82 Å². The van der Waals surface area contributed by atoms with Gasteiger partial charge in [-0.2, -0.15) is 4.98 Å². The number of anilines is 3. The summed E-state index contributed by atoms with van der Waals surface area (Å²) in [5.41, 5.74) is 2.40. The highest BCUT2D eigenvalue weighted by Gasteiger charge is 2.17. The second-order valence-corrected chi connectivity index (χ2v) is 8.35. The van der Waals surface area contributed by atoms with Crippen LogP contribution in [-0.4, -0.2) is 79.1 Å². The van der Waals surface area contributed by atoms with E-state index in [9.17, 15) is 4.79 Å². The zero-order chi connectivity index (χ0) is 23.9. The zero-order valence-corrected chi connectivity index (χ0v) is 20.0. The Morgan fingerprint density at radius 1 is 0.882 bits per heavy atom. The molecule has 4 rings (SSSR count). The highest BCUT2D eigenvalue weighted by molar-refractivity contribution is 5.72. The number of hydrogen-bond acceptors (Lipinski definition) is 8. The number of likely N-dealkylation sites (N-methyl/N-ethyl adjacent to an activating group) is 2. The third kappa shape index (κ3) is 5.92. The van der Waals surface area contributed by atoms with Gasteiger partial charge in [0, 0.05) is 84.1 Å². The fraction of sp³-hybridized carbons (Fsp3) is 0.360. The number of nitrogens with zero attached hydrogens (tertiary/aromatic N) is 7. The van der Waals surface area contributed by atoms with E-state index in [2.05, 4.69) is 49.0 Å². The van der Waals surface area contributed by atoms with E-state index in [1.807, 2.05) is 36.5 Å². The lowest BCUT2D eigenvalue weighted by atomic mass is 10.2. The maximum atomic E-state index is 11.4. The third-order valence-electron chi connectivity index (χ3n) is 6.03. The first-order valence-corrected chi connectivity index (χ1v) is 11.4. The number of amides is 1. The number of carbonyl (C=O) groups is 1. The molecule has 0 unspecified atom stereocenters. The molecule has 1 fully saturated rings. The molecule has 2 aromatic heterocycles. The van der Waals surface area contributed by atoms with Crippen LogP contribution in [0.2, 0.25) is 0 Å². The highest BCUT2D eigenvalue weighted by Crippen LogP contribution is 2.25. The Labute approximate surface area is 200 Å². The molecule has 178 valence electrons. The molecule has 0 N–H and O–H groups in total. The van der Waals surface area contributed by atoms with Gasteiger partial charge in [0.2, 0.25) is 11.8 Å². The summed E-state index contributed by atoms with van der Waals surface area (Å²) in [6, 6.07) is 12.2. The van der Waals surface area contributed by atoms with Crippen molar-refractivity contribution in [1.29, 1.82) is 0 Å². The monoisotopic (exact) mass is 461 g/mol. The Hall–Kier alpha value is -3.88. The average molecular weight is 462 g/mol. The highest BCUT2D eigenvalue weighted by atomic mass is 16.5. The molecule has 3 heterocycles. The molecular formula is C25H31N7O2. The van der Waals surface area contributed by atoms with Crippen LogP contribution < -0.4 is 19.4 Å². The fourth-order valence-electron chi connectivity index (χ4n) is 3.77. The SMILES string of the molecule is CC(=O)N(C)CCN(C)c1cncc(Oc2ccc(N3CCN(c4ccncc4)CC3)cc2)n1. The molecule has 1 amide bonds. The van der Waals surface area contributed by atoms with Crippen LogP contribution in [0, 0.1) is 0 Å². The van der Waals surface area contributed by atoms with Gasteiger partial charge in [-0.15, -0.1) is 0 Å². The summed E-state index contributed by atoms with van der Waals surface area (Å²) in [4.78, 5) is 32.7. The number of aromatic nitrogens is 3. The summed E-state index contributed by atoms with van der Waals surface area (Å²) in [7, 11) is 3.71. The van der Waals surface area contributed by atoms with E-state index in [1.54, 1.807) is 31.3 Å². The standard InChI is InChI=1S/C25H31N7O2/c1-20(33)29(2)12-13-30(3)24-18-27-19-25(28-24)34-23-6-4-21(5-7-23)31-14-16-32(17-15-31)22-8-10-26-11-9-22/h4-11,18-19H,12-17H2,1-3H3.